The van der Waals surface area contributed by atoms with E-state index in [0.717, 1.165) is 19.4 Å². The number of benzene rings is 1. The third kappa shape index (κ3) is 1.90. The molecule has 7 nitrogen and oxygen atoms in total. The van der Waals surface area contributed by atoms with Crippen molar-refractivity contribution in [2.45, 2.75) is 19.8 Å². The maximum atomic E-state index is 12.9. The van der Waals surface area contributed by atoms with E-state index >= 15 is 0 Å². The number of aromatic nitrogens is 1. The van der Waals surface area contributed by atoms with E-state index in [-0.39, 0.29) is 16.6 Å². The maximum absolute atomic E-state index is 12.9. The van der Waals surface area contributed by atoms with Crippen molar-refractivity contribution in [1.82, 2.24) is 15.0 Å². The van der Waals surface area contributed by atoms with Gasteiger partial charge in [0.25, 0.3) is 0 Å². The fourth-order valence-electron chi connectivity index (χ4n) is 3.24. The molecule has 0 aliphatic carbocycles. The van der Waals surface area contributed by atoms with Gasteiger partial charge in [-0.3, -0.25) is 5.01 Å². The highest BCUT2D eigenvalue weighted by Crippen LogP contribution is 2.42. The van der Waals surface area contributed by atoms with Crippen LogP contribution in [0.4, 0.5) is 10.5 Å². The molecule has 0 saturated carbocycles. The number of amides is 2. The molecule has 2 aliphatic rings. The van der Waals surface area contributed by atoms with Crippen molar-refractivity contribution in [3.05, 3.63) is 34.9 Å². The summed E-state index contributed by atoms with van der Waals surface area (Å²) in [6, 6.07) is 3.33. The van der Waals surface area contributed by atoms with Crippen LogP contribution in [-0.2, 0) is 0 Å². The van der Waals surface area contributed by atoms with Gasteiger partial charge in [0, 0.05) is 20.0 Å². The third-order valence-electron chi connectivity index (χ3n) is 4.29. The van der Waals surface area contributed by atoms with Gasteiger partial charge in [0.15, 0.2) is 11.5 Å². The second kappa shape index (κ2) is 5.14. The molecule has 2 saturated heterocycles. The Bertz CT molecular complexity index is 905. The first-order chi connectivity index (χ1) is 11.5. The summed E-state index contributed by atoms with van der Waals surface area (Å²) in [7, 11) is 0. The van der Waals surface area contributed by atoms with Gasteiger partial charge < -0.3 is 4.42 Å². The molecule has 24 heavy (non-hydrogen) atoms. The fraction of sp³-hybridized carbons (Fsp3) is 0.312. The van der Waals surface area contributed by atoms with Gasteiger partial charge in [-0.25, -0.2) is 19.7 Å². The van der Waals surface area contributed by atoms with Crippen LogP contribution in [-0.4, -0.2) is 34.1 Å². The lowest BCUT2D eigenvalue weighted by molar-refractivity contribution is 0.0500. The van der Waals surface area contributed by atoms with E-state index in [1.165, 1.54) is 11.0 Å². The van der Waals surface area contributed by atoms with Gasteiger partial charge in [-0.05, 0) is 18.9 Å². The number of carbonyl (C=O) groups excluding carboxylic acids is 1. The molecule has 3 heterocycles. The molecule has 2 fully saturated rings. The number of fused-ring (bicyclic) bond motifs is 2. The summed E-state index contributed by atoms with van der Waals surface area (Å²) in [4.78, 5) is 18.7. The Morgan fingerprint density at radius 3 is 2.75 bits per heavy atom. The van der Waals surface area contributed by atoms with Gasteiger partial charge >= 0.3 is 6.03 Å². The molecular weight excluding hydrogens is 330 g/mol. The highest BCUT2D eigenvalue weighted by molar-refractivity contribution is 6.36. The minimum absolute atomic E-state index is 0.215. The molecule has 4 rings (SSSR count). The van der Waals surface area contributed by atoms with Gasteiger partial charge in [0.1, 0.15) is 23.1 Å². The van der Waals surface area contributed by atoms with Crippen LogP contribution in [0.25, 0.3) is 11.1 Å². The number of aryl methyl sites for hydroxylation is 1. The molecule has 122 valence electrons. The zero-order valence-corrected chi connectivity index (χ0v) is 13.8. The van der Waals surface area contributed by atoms with Crippen LogP contribution in [0, 0.1) is 18.3 Å². The van der Waals surface area contributed by atoms with Crippen LogP contribution in [0.2, 0.25) is 5.02 Å². The number of nitrogens with zero attached hydrogens (tertiary/aromatic N) is 5. The molecular formula is C16H14ClN5O2. The highest BCUT2D eigenvalue weighted by Gasteiger charge is 2.42. The van der Waals surface area contributed by atoms with Crippen molar-refractivity contribution >= 4 is 34.4 Å². The summed E-state index contributed by atoms with van der Waals surface area (Å²) in [6.45, 7) is 7.11. The second-order valence-electron chi connectivity index (χ2n) is 5.76. The number of carbonyl (C=O) groups is 1. The Balaban J connectivity index is 1.94. The van der Waals surface area contributed by atoms with E-state index in [0.29, 0.717) is 35.0 Å². The van der Waals surface area contributed by atoms with Crippen molar-refractivity contribution in [1.29, 1.82) is 5.26 Å². The van der Waals surface area contributed by atoms with Crippen LogP contribution in [0.3, 0.4) is 0 Å². The number of oxazole rings is 1. The quantitative estimate of drug-likeness (QED) is 0.793. The number of nitriles is 1. The zero-order chi connectivity index (χ0) is 17.0. The van der Waals surface area contributed by atoms with E-state index in [4.69, 9.17) is 16.0 Å². The largest absolute Gasteiger partial charge is 0.440 e. The van der Waals surface area contributed by atoms with E-state index in [1.807, 2.05) is 11.1 Å². The summed E-state index contributed by atoms with van der Waals surface area (Å²) in [5, 5.41) is 13.1. The minimum Gasteiger partial charge on any atom is -0.440 e. The van der Waals surface area contributed by atoms with Crippen LogP contribution in [0.5, 0.6) is 0 Å². The van der Waals surface area contributed by atoms with Gasteiger partial charge in [-0.1, -0.05) is 18.2 Å². The summed E-state index contributed by atoms with van der Waals surface area (Å²) in [5.41, 5.74) is 1.42. The summed E-state index contributed by atoms with van der Waals surface area (Å²) < 4.78 is 5.55. The standard InChI is InChI=1S/C16H14ClN5O2/c1-9-19-13-14(12(17)7-11(8-18)15(13)24-9)22-10(2)20-5-3-4-6-21(20)16(22)23/h7H,2-6H2,1H3. The highest BCUT2D eigenvalue weighted by atomic mass is 35.5. The second-order valence-corrected chi connectivity index (χ2v) is 6.17. The molecule has 1 aromatic heterocycles. The monoisotopic (exact) mass is 343 g/mol. The molecule has 1 aromatic carbocycles. The van der Waals surface area contributed by atoms with Gasteiger partial charge in [0.05, 0.1) is 10.6 Å². The lowest BCUT2D eigenvalue weighted by Crippen LogP contribution is -2.43. The number of urea groups is 1. The summed E-state index contributed by atoms with van der Waals surface area (Å²) in [5.74, 6) is 0.938. The number of hydrazine groups is 1. The SMILES string of the molecule is C=C1N(c2c(Cl)cc(C#N)c3oc(C)nc23)C(=O)N2CCCCN12. The molecule has 0 unspecified atom stereocenters. The Morgan fingerprint density at radius 2 is 2.08 bits per heavy atom. The van der Waals surface area contributed by atoms with Gasteiger partial charge in [-0.2, -0.15) is 5.26 Å². The smallest absolute Gasteiger partial charge is 0.349 e. The molecule has 0 N–H and O–H groups in total. The lowest BCUT2D eigenvalue weighted by atomic mass is 10.1. The van der Waals surface area contributed by atoms with Crippen molar-refractivity contribution in [3.63, 3.8) is 0 Å². The molecule has 2 amide bonds. The third-order valence-corrected chi connectivity index (χ3v) is 4.58. The Hall–Kier alpha value is -2.72. The average molecular weight is 344 g/mol. The molecule has 0 bridgehead atoms. The Kier molecular flexibility index (Phi) is 3.18. The number of anilines is 1. The Labute approximate surface area is 143 Å². The van der Waals surface area contributed by atoms with Crippen molar-refractivity contribution in [2.75, 3.05) is 18.0 Å². The van der Waals surface area contributed by atoms with E-state index < -0.39 is 0 Å². The number of halogens is 1. The molecule has 8 heteroatoms. The molecule has 2 aliphatic heterocycles. The first kappa shape index (κ1) is 14.8. The van der Waals surface area contributed by atoms with Crippen LogP contribution >= 0.6 is 11.6 Å². The predicted molar refractivity (Wildman–Crippen MR) is 88.1 cm³/mol. The summed E-state index contributed by atoms with van der Waals surface area (Å²) >= 11 is 6.40. The van der Waals surface area contributed by atoms with Crippen LogP contribution in [0.1, 0.15) is 24.3 Å². The van der Waals surface area contributed by atoms with Crippen molar-refractivity contribution in [2.24, 2.45) is 0 Å². The van der Waals surface area contributed by atoms with Crippen molar-refractivity contribution < 1.29 is 9.21 Å². The van der Waals surface area contributed by atoms with E-state index in [2.05, 4.69) is 11.6 Å². The Morgan fingerprint density at radius 1 is 1.38 bits per heavy atom. The van der Waals surface area contributed by atoms with E-state index in [9.17, 15) is 10.1 Å². The average Bonchev–Trinajstić information content (AvgIpc) is 3.07. The topological polar surface area (TPSA) is 76.6 Å². The minimum atomic E-state index is -0.215. The first-order valence-corrected chi connectivity index (χ1v) is 7.98. The predicted octanol–water partition coefficient (Wildman–Crippen LogP) is 3.39. The zero-order valence-electron chi connectivity index (χ0n) is 13.0. The molecule has 2 aromatic rings. The first-order valence-electron chi connectivity index (χ1n) is 7.60. The number of hydrogen-bond acceptors (Lipinski definition) is 5. The number of rotatable bonds is 1. The van der Waals surface area contributed by atoms with Crippen molar-refractivity contribution in [3.8, 4) is 6.07 Å². The lowest BCUT2D eigenvalue weighted by Gasteiger charge is -2.32. The number of hydrogen-bond donors (Lipinski definition) is 0. The maximum Gasteiger partial charge on any atom is 0.349 e. The summed E-state index contributed by atoms with van der Waals surface area (Å²) in [6.07, 6.45) is 1.94. The van der Waals surface area contributed by atoms with Crippen LogP contribution < -0.4 is 4.90 Å². The normalized spacial score (nSPS) is 17.6. The van der Waals surface area contributed by atoms with E-state index in [1.54, 1.807) is 11.9 Å². The molecule has 0 spiro atoms. The molecule has 0 atom stereocenters. The van der Waals surface area contributed by atoms with Gasteiger partial charge in [-0.15, -0.1) is 0 Å². The molecule has 0 radical (unpaired) electrons. The van der Waals surface area contributed by atoms with Crippen LogP contribution in [0.15, 0.2) is 22.9 Å². The fourth-order valence-corrected chi connectivity index (χ4v) is 3.52. The van der Waals surface area contributed by atoms with Gasteiger partial charge in [0.2, 0.25) is 0 Å².